The molecule has 3 aliphatic rings. The van der Waals surface area contributed by atoms with Crippen molar-refractivity contribution in [1.82, 2.24) is 14.9 Å². The van der Waals surface area contributed by atoms with Crippen molar-refractivity contribution in [3.63, 3.8) is 0 Å². The van der Waals surface area contributed by atoms with Crippen LogP contribution in [-0.4, -0.2) is 39.5 Å². The number of oxazole rings is 1. The number of pyridine rings is 1. The number of carbonyl (C=O) groups excluding carboxylic acids is 1. The average molecular weight is 461 g/mol. The van der Waals surface area contributed by atoms with E-state index in [2.05, 4.69) is 9.97 Å². The van der Waals surface area contributed by atoms with E-state index in [1.54, 1.807) is 11.0 Å². The number of fused-ring (bicyclic) bond motifs is 3. The predicted molar refractivity (Wildman–Crippen MR) is 108 cm³/mol. The van der Waals surface area contributed by atoms with Crippen LogP contribution in [0.2, 0.25) is 0 Å². The van der Waals surface area contributed by atoms with E-state index in [0.29, 0.717) is 19.4 Å². The zero-order valence-corrected chi connectivity index (χ0v) is 17.3. The Morgan fingerprint density at radius 1 is 1.15 bits per heavy atom. The molecule has 6 nitrogen and oxygen atoms in total. The van der Waals surface area contributed by atoms with Crippen LogP contribution >= 0.6 is 0 Å². The molecule has 33 heavy (non-hydrogen) atoms. The number of alkyl halides is 3. The lowest BCUT2D eigenvalue weighted by molar-refractivity contribution is -0.137. The number of ether oxygens (including phenoxy) is 1. The van der Waals surface area contributed by atoms with Gasteiger partial charge >= 0.3 is 6.18 Å². The first-order chi connectivity index (χ1) is 15.8. The molecule has 2 aromatic heterocycles. The van der Waals surface area contributed by atoms with Crippen molar-refractivity contribution in [3.05, 3.63) is 65.9 Å². The summed E-state index contributed by atoms with van der Waals surface area (Å²) in [7, 11) is 0. The molecule has 0 N–H and O–H groups in total. The van der Waals surface area contributed by atoms with Gasteiger partial charge in [0.15, 0.2) is 0 Å². The molecule has 10 heteroatoms. The average Bonchev–Trinajstić information content (AvgIpc) is 3.33. The number of nitrogens with zero attached hydrogens (tertiary/aromatic N) is 3. The second kappa shape index (κ2) is 8.17. The van der Waals surface area contributed by atoms with Crippen LogP contribution in [0.3, 0.4) is 0 Å². The molecule has 1 aliphatic carbocycles. The van der Waals surface area contributed by atoms with Gasteiger partial charge in [-0.25, -0.2) is 14.4 Å². The molecule has 2 saturated heterocycles. The number of benzene rings is 1. The molecular formula is C23H19F4N3O3. The summed E-state index contributed by atoms with van der Waals surface area (Å²) in [4.78, 5) is 22.9. The van der Waals surface area contributed by atoms with Crippen LogP contribution in [0.1, 0.15) is 35.2 Å². The maximum absolute atomic E-state index is 14.8. The van der Waals surface area contributed by atoms with Gasteiger partial charge in [0.1, 0.15) is 18.2 Å². The van der Waals surface area contributed by atoms with E-state index in [0.717, 1.165) is 18.7 Å². The SMILES string of the molecule is O=C(c1c(F)cccc1-c1ncco1)N1C[C@@H]2CC[C@H]1[C@H](Oc1ccc(C(F)(F)F)cn1)C2. The van der Waals surface area contributed by atoms with Gasteiger partial charge in [-0.05, 0) is 43.4 Å². The van der Waals surface area contributed by atoms with Gasteiger partial charge in [-0.2, -0.15) is 13.2 Å². The Morgan fingerprint density at radius 2 is 2.00 bits per heavy atom. The molecule has 2 bridgehead atoms. The lowest BCUT2D eigenvalue weighted by Gasteiger charge is -2.49. The van der Waals surface area contributed by atoms with E-state index in [9.17, 15) is 22.4 Å². The van der Waals surface area contributed by atoms with E-state index in [1.165, 1.54) is 30.7 Å². The highest BCUT2D eigenvalue weighted by Crippen LogP contribution is 2.39. The number of halogens is 4. The molecule has 2 aliphatic heterocycles. The van der Waals surface area contributed by atoms with Crippen molar-refractivity contribution in [2.45, 2.75) is 37.6 Å². The molecule has 1 saturated carbocycles. The number of rotatable bonds is 4. The third-order valence-corrected chi connectivity index (χ3v) is 6.21. The van der Waals surface area contributed by atoms with Crippen molar-refractivity contribution in [1.29, 1.82) is 0 Å². The van der Waals surface area contributed by atoms with Crippen LogP contribution in [0.5, 0.6) is 5.88 Å². The van der Waals surface area contributed by atoms with Gasteiger partial charge in [0.05, 0.1) is 28.9 Å². The molecule has 4 heterocycles. The summed E-state index contributed by atoms with van der Waals surface area (Å²) in [5, 5.41) is 0. The second-order valence-corrected chi connectivity index (χ2v) is 8.24. The van der Waals surface area contributed by atoms with E-state index in [4.69, 9.17) is 9.15 Å². The Bertz CT molecular complexity index is 1150. The smallest absolute Gasteiger partial charge is 0.417 e. The summed E-state index contributed by atoms with van der Waals surface area (Å²) < 4.78 is 64.4. The minimum absolute atomic E-state index is 0.0549. The van der Waals surface area contributed by atoms with Crippen molar-refractivity contribution in [3.8, 4) is 17.3 Å². The molecule has 0 radical (unpaired) electrons. The summed E-state index contributed by atoms with van der Waals surface area (Å²) in [6, 6.07) is 6.00. The standard InChI is InChI=1S/C23H19F4N3O3/c24-16-3-1-2-15(21-28-8-9-32-21)20(16)22(31)30-12-13-4-6-17(30)18(10-13)33-19-7-5-14(11-29-19)23(25,26)27/h1-3,5,7-9,11,13,17-18H,4,6,10,12H2/t13-,17+,18-/m1/s1. The molecule has 172 valence electrons. The Labute approximate surface area is 186 Å². The predicted octanol–water partition coefficient (Wildman–Crippen LogP) is 4.97. The van der Waals surface area contributed by atoms with Crippen LogP contribution in [0, 0.1) is 11.7 Å². The minimum atomic E-state index is -4.49. The molecule has 3 atom stereocenters. The van der Waals surface area contributed by atoms with Crippen molar-refractivity contribution >= 4 is 5.91 Å². The minimum Gasteiger partial charge on any atom is -0.472 e. The quantitative estimate of drug-likeness (QED) is 0.514. The highest BCUT2D eigenvalue weighted by Gasteiger charge is 2.45. The molecule has 0 unspecified atom stereocenters. The Balaban J connectivity index is 1.40. The van der Waals surface area contributed by atoms with E-state index >= 15 is 0 Å². The zero-order valence-electron chi connectivity index (χ0n) is 17.3. The summed E-state index contributed by atoms with van der Waals surface area (Å²) in [5.41, 5.74) is -0.734. The maximum Gasteiger partial charge on any atom is 0.417 e. The van der Waals surface area contributed by atoms with Gasteiger partial charge in [0, 0.05) is 18.8 Å². The maximum atomic E-state index is 14.8. The fourth-order valence-electron chi connectivity index (χ4n) is 4.68. The molecule has 3 aromatic rings. The molecular weight excluding hydrogens is 442 g/mol. The summed E-state index contributed by atoms with van der Waals surface area (Å²) in [6.45, 7) is 0.448. The number of piperidine rings is 2. The van der Waals surface area contributed by atoms with Gasteiger partial charge in [-0.3, -0.25) is 4.79 Å². The number of hydrogen-bond acceptors (Lipinski definition) is 5. The van der Waals surface area contributed by atoms with Crippen LogP contribution < -0.4 is 4.74 Å². The van der Waals surface area contributed by atoms with E-state index in [1.807, 2.05) is 0 Å². The van der Waals surface area contributed by atoms with Gasteiger partial charge in [0.25, 0.3) is 5.91 Å². The highest BCUT2D eigenvalue weighted by molar-refractivity contribution is 6.00. The van der Waals surface area contributed by atoms with Crippen molar-refractivity contribution in [2.24, 2.45) is 5.92 Å². The van der Waals surface area contributed by atoms with Crippen LogP contribution in [-0.2, 0) is 6.18 Å². The lowest BCUT2D eigenvalue weighted by atomic mass is 9.77. The topological polar surface area (TPSA) is 68.5 Å². The molecule has 6 rings (SSSR count). The normalized spacial score (nSPS) is 22.4. The number of hydrogen-bond donors (Lipinski definition) is 0. The van der Waals surface area contributed by atoms with Gasteiger partial charge < -0.3 is 14.1 Å². The third kappa shape index (κ3) is 4.05. The molecule has 1 amide bonds. The first-order valence-corrected chi connectivity index (χ1v) is 10.5. The van der Waals surface area contributed by atoms with E-state index < -0.39 is 29.6 Å². The fourth-order valence-corrected chi connectivity index (χ4v) is 4.68. The number of aromatic nitrogens is 2. The largest absolute Gasteiger partial charge is 0.472 e. The monoisotopic (exact) mass is 461 g/mol. The molecule has 1 aromatic carbocycles. The first kappa shape index (κ1) is 21.4. The zero-order chi connectivity index (χ0) is 23.2. The van der Waals surface area contributed by atoms with Crippen LogP contribution in [0.25, 0.3) is 11.5 Å². The highest BCUT2D eigenvalue weighted by atomic mass is 19.4. The van der Waals surface area contributed by atoms with Gasteiger partial charge in [-0.15, -0.1) is 0 Å². The second-order valence-electron chi connectivity index (χ2n) is 8.24. The first-order valence-electron chi connectivity index (χ1n) is 10.5. The van der Waals surface area contributed by atoms with Crippen molar-refractivity contribution < 1.29 is 31.5 Å². The summed E-state index contributed by atoms with van der Waals surface area (Å²) >= 11 is 0. The Hall–Kier alpha value is -3.43. The number of amides is 1. The van der Waals surface area contributed by atoms with Gasteiger partial charge in [-0.1, -0.05) is 6.07 Å². The number of carbonyl (C=O) groups is 1. The van der Waals surface area contributed by atoms with Gasteiger partial charge in [0.2, 0.25) is 11.8 Å². The van der Waals surface area contributed by atoms with E-state index in [-0.39, 0.29) is 34.9 Å². The van der Waals surface area contributed by atoms with Crippen LogP contribution in [0.4, 0.5) is 17.6 Å². The Kier molecular flexibility index (Phi) is 5.30. The molecule has 0 spiro atoms. The molecule has 3 fully saturated rings. The Morgan fingerprint density at radius 3 is 2.67 bits per heavy atom. The van der Waals surface area contributed by atoms with Crippen molar-refractivity contribution in [2.75, 3.05) is 6.54 Å². The fraction of sp³-hybridized carbons (Fsp3) is 0.348. The third-order valence-electron chi connectivity index (χ3n) is 6.21. The van der Waals surface area contributed by atoms with Crippen LogP contribution in [0.15, 0.2) is 53.4 Å². The summed E-state index contributed by atoms with van der Waals surface area (Å²) in [5.74, 6) is -0.847. The lowest BCUT2D eigenvalue weighted by Crippen LogP contribution is -2.59. The summed E-state index contributed by atoms with van der Waals surface area (Å²) in [6.07, 6.45) is 0.712.